The molecule has 0 heterocycles. The van der Waals surface area contributed by atoms with Gasteiger partial charge in [0, 0.05) is 0 Å². The number of hydrogen-bond donors (Lipinski definition) is 1. The zero-order chi connectivity index (χ0) is 15.0. The van der Waals surface area contributed by atoms with Gasteiger partial charge in [-0.1, -0.05) is 20.8 Å². The number of alkyl halides is 6. The lowest BCUT2D eigenvalue weighted by Crippen LogP contribution is -2.46. The van der Waals surface area contributed by atoms with Gasteiger partial charge in [-0.2, -0.15) is 26.3 Å². The van der Waals surface area contributed by atoms with E-state index in [1.165, 1.54) is 20.8 Å². The van der Waals surface area contributed by atoms with Crippen molar-refractivity contribution in [3.05, 3.63) is 0 Å². The molecular weight excluding hydrogens is 262 g/mol. The van der Waals surface area contributed by atoms with Gasteiger partial charge in [-0.05, 0) is 25.2 Å². The Morgan fingerprint density at radius 2 is 1.22 bits per heavy atom. The van der Waals surface area contributed by atoms with Crippen molar-refractivity contribution >= 4 is 0 Å². The van der Waals surface area contributed by atoms with E-state index < -0.39 is 42.1 Å². The fourth-order valence-electron chi connectivity index (χ4n) is 1.64. The summed E-state index contributed by atoms with van der Waals surface area (Å²) in [6.07, 6.45) is -11.7. The zero-order valence-electron chi connectivity index (χ0n) is 10.7. The predicted octanol–water partition coefficient (Wildman–Crippen LogP) is 4.30. The molecule has 18 heavy (non-hydrogen) atoms. The Bertz CT molecular complexity index is 271. The molecule has 0 bridgehead atoms. The summed E-state index contributed by atoms with van der Waals surface area (Å²) < 4.78 is 75.3. The SMILES string of the molecule is CC(C)(C)CC(CC(C)(O)C(F)(F)F)C(F)(F)F. The lowest BCUT2D eigenvalue weighted by Gasteiger charge is -2.34. The van der Waals surface area contributed by atoms with Crippen molar-refractivity contribution in [2.24, 2.45) is 11.3 Å². The summed E-state index contributed by atoms with van der Waals surface area (Å²) in [5.41, 5.74) is -4.11. The molecule has 0 aromatic heterocycles. The van der Waals surface area contributed by atoms with E-state index in [1.54, 1.807) is 0 Å². The van der Waals surface area contributed by atoms with Gasteiger partial charge in [0.2, 0.25) is 0 Å². The van der Waals surface area contributed by atoms with Gasteiger partial charge >= 0.3 is 12.4 Å². The van der Waals surface area contributed by atoms with Crippen LogP contribution >= 0.6 is 0 Å². The molecule has 0 spiro atoms. The fraction of sp³-hybridized carbons (Fsp3) is 1.00. The molecular formula is C11H18F6O. The number of halogens is 6. The van der Waals surface area contributed by atoms with Crippen LogP contribution in [0.4, 0.5) is 26.3 Å². The van der Waals surface area contributed by atoms with Gasteiger partial charge < -0.3 is 5.11 Å². The molecule has 0 aromatic rings. The van der Waals surface area contributed by atoms with E-state index in [0.717, 1.165) is 0 Å². The van der Waals surface area contributed by atoms with Gasteiger partial charge in [0.15, 0.2) is 5.60 Å². The first-order valence-corrected chi connectivity index (χ1v) is 5.42. The quantitative estimate of drug-likeness (QED) is 0.764. The molecule has 0 aliphatic heterocycles. The third-order valence-electron chi connectivity index (χ3n) is 2.58. The van der Waals surface area contributed by atoms with Gasteiger partial charge in [-0.25, -0.2) is 0 Å². The Hall–Kier alpha value is -0.460. The van der Waals surface area contributed by atoms with Crippen LogP contribution in [-0.4, -0.2) is 23.1 Å². The number of aliphatic hydroxyl groups is 1. The van der Waals surface area contributed by atoms with E-state index in [0.29, 0.717) is 6.92 Å². The molecule has 1 N–H and O–H groups in total. The molecule has 0 saturated heterocycles. The van der Waals surface area contributed by atoms with Gasteiger partial charge in [0.05, 0.1) is 5.92 Å². The van der Waals surface area contributed by atoms with E-state index in [9.17, 15) is 26.3 Å². The number of rotatable bonds is 3. The maximum atomic E-state index is 12.7. The summed E-state index contributed by atoms with van der Waals surface area (Å²) >= 11 is 0. The van der Waals surface area contributed by atoms with Crippen molar-refractivity contribution in [1.29, 1.82) is 0 Å². The molecule has 0 rings (SSSR count). The van der Waals surface area contributed by atoms with Crippen LogP contribution in [0, 0.1) is 11.3 Å². The van der Waals surface area contributed by atoms with Gasteiger partial charge in [0.25, 0.3) is 0 Å². The van der Waals surface area contributed by atoms with Crippen molar-refractivity contribution in [3.8, 4) is 0 Å². The van der Waals surface area contributed by atoms with Crippen LogP contribution in [0.15, 0.2) is 0 Å². The summed E-state index contributed by atoms with van der Waals surface area (Å²) in [7, 11) is 0. The van der Waals surface area contributed by atoms with E-state index in [2.05, 4.69) is 0 Å². The predicted molar refractivity (Wildman–Crippen MR) is 54.9 cm³/mol. The van der Waals surface area contributed by atoms with Crippen molar-refractivity contribution < 1.29 is 31.4 Å². The Morgan fingerprint density at radius 1 is 0.833 bits per heavy atom. The second-order valence-electron chi connectivity index (χ2n) is 5.98. The molecule has 0 radical (unpaired) electrons. The smallest absolute Gasteiger partial charge is 0.381 e. The van der Waals surface area contributed by atoms with Crippen molar-refractivity contribution in [2.45, 2.75) is 58.5 Å². The standard InChI is InChI=1S/C11H18F6O/c1-8(2,3)5-7(10(12,13)14)6-9(4,18)11(15,16)17/h7,18H,5-6H2,1-4H3. The molecule has 0 amide bonds. The highest BCUT2D eigenvalue weighted by Gasteiger charge is 2.55. The second kappa shape index (κ2) is 4.90. The Kier molecular flexibility index (Phi) is 4.78. The first-order chi connectivity index (χ1) is 7.56. The van der Waals surface area contributed by atoms with Crippen LogP contribution in [0.3, 0.4) is 0 Å². The Morgan fingerprint density at radius 3 is 1.44 bits per heavy atom. The van der Waals surface area contributed by atoms with E-state index in [-0.39, 0.29) is 0 Å². The highest BCUT2D eigenvalue weighted by molar-refractivity contribution is 4.88. The van der Waals surface area contributed by atoms with Crippen molar-refractivity contribution in [1.82, 2.24) is 0 Å². The molecule has 0 aliphatic carbocycles. The van der Waals surface area contributed by atoms with Gasteiger partial charge in [-0.3, -0.25) is 0 Å². The van der Waals surface area contributed by atoms with Crippen LogP contribution in [0.25, 0.3) is 0 Å². The second-order valence-corrected chi connectivity index (χ2v) is 5.98. The minimum absolute atomic E-state index is 0.369. The third-order valence-corrected chi connectivity index (χ3v) is 2.58. The Labute approximate surface area is 102 Å². The first kappa shape index (κ1) is 17.5. The monoisotopic (exact) mass is 280 g/mol. The lowest BCUT2D eigenvalue weighted by atomic mass is 9.79. The fourth-order valence-corrected chi connectivity index (χ4v) is 1.64. The average Bonchev–Trinajstić information content (AvgIpc) is 1.95. The van der Waals surface area contributed by atoms with Gasteiger partial charge in [0.1, 0.15) is 0 Å². The summed E-state index contributed by atoms with van der Waals surface area (Å²) in [5, 5.41) is 9.16. The van der Waals surface area contributed by atoms with Gasteiger partial charge in [-0.15, -0.1) is 0 Å². The molecule has 0 fully saturated rings. The molecule has 0 aromatic carbocycles. The molecule has 110 valence electrons. The topological polar surface area (TPSA) is 20.2 Å². The van der Waals surface area contributed by atoms with Crippen molar-refractivity contribution in [2.75, 3.05) is 0 Å². The summed E-state index contributed by atoms with van der Waals surface area (Å²) in [6, 6.07) is 0. The molecule has 0 aliphatic rings. The Balaban J connectivity index is 5.05. The van der Waals surface area contributed by atoms with Crippen molar-refractivity contribution in [3.63, 3.8) is 0 Å². The molecule has 2 atom stereocenters. The molecule has 0 saturated carbocycles. The van der Waals surface area contributed by atoms with Crippen LogP contribution in [0.2, 0.25) is 0 Å². The van der Waals surface area contributed by atoms with Crippen LogP contribution in [0.1, 0.15) is 40.5 Å². The first-order valence-electron chi connectivity index (χ1n) is 5.42. The average molecular weight is 280 g/mol. The highest BCUT2D eigenvalue weighted by Crippen LogP contribution is 2.44. The lowest BCUT2D eigenvalue weighted by molar-refractivity contribution is -0.274. The minimum Gasteiger partial charge on any atom is -0.381 e. The minimum atomic E-state index is -5.08. The van der Waals surface area contributed by atoms with E-state index in [4.69, 9.17) is 5.11 Å². The third kappa shape index (κ3) is 5.46. The van der Waals surface area contributed by atoms with E-state index in [1.807, 2.05) is 0 Å². The van der Waals surface area contributed by atoms with Crippen LogP contribution in [-0.2, 0) is 0 Å². The van der Waals surface area contributed by atoms with Crippen LogP contribution < -0.4 is 0 Å². The summed E-state index contributed by atoms with van der Waals surface area (Å²) in [4.78, 5) is 0. The molecule has 7 heteroatoms. The number of hydrogen-bond acceptors (Lipinski definition) is 1. The maximum absolute atomic E-state index is 12.7. The summed E-state index contributed by atoms with van der Waals surface area (Å²) in [6.45, 7) is 4.89. The molecule has 2 unspecified atom stereocenters. The normalized spacial score (nSPS) is 19.5. The molecule has 1 nitrogen and oxygen atoms in total. The van der Waals surface area contributed by atoms with E-state index >= 15 is 0 Å². The maximum Gasteiger partial charge on any atom is 0.416 e. The summed E-state index contributed by atoms with van der Waals surface area (Å²) in [5.74, 6) is -2.19. The largest absolute Gasteiger partial charge is 0.416 e. The van der Waals surface area contributed by atoms with Crippen LogP contribution in [0.5, 0.6) is 0 Å². The highest BCUT2D eigenvalue weighted by atomic mass is 19.4. The zero-order valence-corrected chi connectivity index (χ0v) is 10.7.